The average molecular weight is 548 g/mol. The van der Waals surface area contributed by atoms with Gasteiger partial charge in [0.25, 0.3) is 5.91 Å². The van der Waals surface area contributed by atoms with E-state index in [2.05, 4.69) is 26.6 Å². The van der Waals surface area contributed by atoms with E-state index >= 15 is 4.39 Å². The van der Waals surface area contributed by atoms with Gasteiger partial charge in [-0.05, 0) is 43.7 Å². The number of hydrogen-bond donors (Lipinski definition) is 2. The molecule has 7 nitrogen and oxygen atoms in total. The molecular weight excluding hydrogens is 525 g/mol. The Morgan fingerprint density at radius 2 is 2.06 bits per heavy atom. The second-order valence-corrected chi connectivity index (χ2v) is 10.2. The molecule has 1 saturated heterocycles. The SMILES string of the molecule is CC(C=O)NC(=O)C1CC2CSC(NC(=O)c3ccccc3)=NC2(c2cc(Br)ccc2F)CO1. The van der Waals surface area contributed by atoms with Crippen LogP contribution < -0.4 is 10.6 Å². The summed E-state index contributed by atoms with van der Waals surface area (Å²) >= 11 is 4.75. The Morgan fingerprint density at radius 3 is 2.79 bits per heavy atom. The number of thioether (sulfide) groups is 1. The molecule has 2 amide bonds. The number of carbonyl (C=O) groups is 3. The third-order valence-corrected chi connectivity index (χ3v) is 7.45. The van der Waals surface area contributed by atoms with Gasteiger partial charge in [0.05, 0.1) is 12.6 Å². The molecule has 2 heterocycles. The molecule has 2 aromatic carbocycles. The fourth-order valence-corrected chi connectivity index (χ4v) is 5.66. The minimum Gasteiger partial charge on any atom is -0.365 e. The van der Waals surface area contributed by atoms with Crippen LogP contribution in [0, 0.1) is 11.7 Å². The summed E-state index contributed by atoms with van der Waals surface area (Å²) in [5.74, 6) is -0.892. The zero-order chi connectivity index (χ0) is 24.3. The number of amidine groups is 1. The Balaban J connectivity index is 1.66. The van der Waals surface area contributed by atoms with E-state index in [9.17, 15) is 14.4 Å². The smallest absolute Gasteiger partial charge is 0.257 e. The summed E-state index contributed by atoms with van der Waals surface area (Å²) in [5.41, 5.74) is -0.304. The van der Waals surface area contributed by atoms with Crippen molar-refractivity contribution in [2.45, 2.75) is 31.0 Å². The van der Waals surface area contributed by atoms with Crippen LogP contribution in [0.1, 0.15) is 29.3 Å². The summed E-state index contributed by atoms with van der Waals surface area (Å²) < 4.78 is 21.7. The maximum Gasteiger partial charge on any atom is 0.257 e. The predicted octanol–water partition coefficient (Wildman–Crippen LogP) is 3.43. The number of amides is 2. The summed E-state index contributed by atoms with van der Waals surface area (Å²) in [6, 6.07) is 12.7. The number of nitrogens with one attached hydrogen (secondary N) is 2. The first kappa shape index (κ1) is 24.6. The second-order valence-electron chi connectivity index (χ2n) is 8.26. The molecule has 0 aromatic heterocycles. The highest BCUT2D eigenvalue weighted by atomic mass is 79.9. The van der Waals surface area contributed by atoms with Crippen LogP contribution in [0.2, 0.25) is 0 Å². The minimum absolute atomic E-state index is 0.0517. The van der Waals surface area contributed by atoms with Crippen LogP contribution in [0.5, 0.6) is 0 Å². The van der Waals surface area contributed by atoms with Crippen LogP contribution in [-0.4, -0.2) is 47.8 Å². The van der Waals surface area contributed by atoms with E-state index in [1.807, 2.05) is 6.07 Å². The zero-order valence-electron chi connectivity index (χ0n) is 18.3. The molecule has 4 rings (SSSR count). The van der Waals surface area contributed by atoms with Gasteiger partial charge in [-0.25, -0.2) is 9.38 Å². The van der Waals surface area contributed by atoms with E-state index in [-0.39, 0.29) is 24.3 Å². The first-order chi connectivity index (χ1) is 16.3. The van der Waals surface area contributed by atoms with E-state index in [1.54, 1.807) is 43.3 Å². The lowest BCUT2D eigenvalue weighted by atomic mass is 9.75. The molecule has 4 unspecified atom stereocenters. The number of ether oxygens (including phenoxy) is 1. The first-order valence-corrected chi connectivity index (χ1v) is 12.5. The molecule has 2 aliphatic heterocycles. The van der Waals surface area contributed by atoms with E-state index < -0.39 is 23.5 Å². The van der Waals surface area contributed by atoms with Gasteiger partial charge in [0.15, 0.2) is 5.17 Å². The van der Waals surface area contributed by atoms with Crippen molar-refractivity contribution >= 4 is 51.0 Å². The Hall–Kier alpha value is -2.56. The lowest BCUT2D eigenvalue weighted by Crippen LogP contribution is -2.54. The Kier molecular flexibility index (Phi) is 7.49. The molecular formula is C24H23BrFN3O4S. The Morgan fingerprint density at radius 1 is 1.29 bits per heavy atom. The summed E-state index contributed by atoms with van der Waals surface area (Å²) in [6.45, 7) is 1.53. The van der Waals surface area contributed by atoms with Crippen molar-refractivity contribution in [3.05, 3.63) is 69.9 Å². The van der Waals surface area contributed by atoms with Crippen molar-refractivity contribution in [1.82, 2.24) is 10.6 Å². The molecule has 2 aliphatic rings. The van der Waals surface area contributed by atoms with Crippen molar-refractivity contribution in [3.63, 3.8) is 0 Å². The number of carbonyl (C=O) groups excluding carboxylic acids is 3. The van der Waals surface area contributed by atoms with Crippen molar-refractivity contribution in [1.29, 1.82) is 0 Å². The van der Waals surface area contributed by atoms with Gasteiger partial charge in [-0.2, -0.15) is 0 Å². The largest absolute Gasteiger partial charge is 0.365 e. The molecule has 0 saturated carbocycles. The van der Waals surface area contributed by atoms with E-state index in [1.165, 1.54) is 17.8 Å². The fraction of sp³-hybridized carbons (Fsp3) is 0.333. The summed E-state index contributed by atoms with van der Waals surface area (Å²) in [7, 11) is 0. The van der Waals surface area contributed by atoms with Crippen molar-refractivity contribution in [3.8, 4) is 0 Å². The number of rotatable bonds is 5. The van der Waals surface area contributed by atoms with E-state index in [0.29, 0.717) is 39.2 Å². The van der Waals surface area contributed by atoms with Gasteiger partial charge < -0.3 is 20.2 Å². The number of hydrogen-bond acceptors (Lipinski definition) is 6. The van der Waals surface area contributed by atoms with E-state index in [4.69, 9.17) is 9.73 Å². The number of benzene rings is 2. The van der Waals surface area contributed by atoms with Gasteiger partial charge in [0.2, 0.25) is 5.91 Å². The highest BCUT2D eigenvalue weighted by Gasteiger charge is 2.51. The molecule has 34 heavy (non-hydrogen) atoms. The number of fused-ring (bicyclic) bond motifs is 1. The lowest BCUT2D eigenvalue weighted by molar-refractivity contribution is -0.143. The highest BCUT2D eigenvalue weighted by molar-refractivity contribution is 9.10. The average Bonchev–Trinajstić information content (AvgIpc) is 2.85. The molecule has 178 valence electrons. The topological polar surface area (TPSA) is 96.9 Å². The van der Waals surface area contributed by atoms with Crippen molar-refractivity contribution in [2.75, 3.05) is 12.4 Å². The van der Waals surface area contributed by atoms with Gasteiger partial charge in [-0.15, -0.1) is 0 Å². The normalized spacial score (nSPS) is 24.9. The number of aliphatic imine (C=N–C) groups is 1. The Labute approximate surface area is 209 Å². The first-order valence-electron chi connectivity index (χ1n) is 10.7. The van der Waals surface area contributed by atoms with Crippen LogP contribution in [0.4, 0.5) is 4.39 Å². The van der Waals surface area contributed by atoms with Crippen LogP contribution >= 0.6 is 27.7 Å². The summed E-state index contributed by atoms with van der Waals surface area (Å²) in [4.78, 5) is 41.0. The number of halogens is 2. The standard InChI is InChI=1S/C24H23BrFN3O4S/c1-14(11-30)27-22(32)20-9-16-12-34-23(28-21(31)15-5-3-2-4-6-15)29-24(16,13-33-20)18-10-17(25)7-8-19(18)26/h2-8,10-11,14,16,20H,9,12-13H2,1H3,(H,27,32)(H,28,29,31). The minimum atomic E-state index is -1.12. The van der Waals surface area contributed by atoms with Crippen LogP contribution in [0.3, 0.4) is 0 Å². The molecule has 0 aliphatic carbocycles. The summed E-state index contributed by atoms with van der Waals surface area (Å²) in [6.07, 6.45) is 0.149. The van der Waals surface area contributed by atoms with Crippen molar-refractivity contribution < 1.29 is 23.5 Å². The molecule has 1 fully saturated rings. The monoisotopic (exact) mass is 547 g/mol. The number of nitrogens with zero attached hydrogens (tertiary/aromatic N) is 1. The quantitative estimate of drug-likeness (QED) is 0.559. The predicted molar refractivity (Wildman–Crippen MR) is 131 cm³/mol. The second kappa shape index (κ2) is 10.4. The van der Waals surface area contributed by atoms with Gasteiger partial charge in [0, 0.05) is 27.3 Å². The van der Waals surface area contributed by atoms with E-state index in [0.717, 1.165) is 0 Å². The van der Waals surface area contributed by atoms with Gasteiger partial charge >= 0.3 is 0 Å². The summed E-state index contributed by atoms with van der Waals surface area (Å²) in [5, 5.41) is 5.80. The Bertz CT molecular complexity index is 1130. The molecule has 0 bridgehead atoms. The van der Waals surface area contributed by atoms with Crippen molar-refractivity contribution in [2.24, 2.45) is 10.9 Å². The van der Waals surface area contributed by atoms with Crippen LogP contribution in [0.25, 0.3) is 0 Å². The zero-order valence-corrected chi connectivity index (χ0v) is 20.7. The third-order valence-electron chi connectivity index (χ3n) is 5.92. The lowest BCUT2D eigenvalue weighted by Gasteiger charge is -2.46. The highest BCUT2D eigenvalue weighted by Crippen LogP contribution is 2.47. The number of aldehydes is 1. The van der Waals surface area contributed by atoms with Crippen LogP contribution in [-0.2, 0) is 19.9 Å². The fourth-order valence-electron chi connectivity index (χ4n) is 4.13. The molecule has 0 spiro atoms. The maximum atomic E-state index is 15.1. The van der Waals surface area contributed by atoms with Gasteiger partial charge in [-0.1, -0.05) is 45.9 Å². The van der Waals surface area contributed by atoms with Gasteiger partial charge in [0.1, 0.15) is 23.7 Å². The molecule has 4 atom stereocenters. The van der Waals surface area contributed by atoms with Crippen LogP contribution in [0.15, 0.2) is 58.0 Å². The van der Waals surface area contributed by atoms with Gasteiger partial charge in [-0.3, -0.25) is 9.59 Å². The molecule has 2 N–H and O–H groups in total. The molecule has 2 aromatic rings. The maximum absolute atomic E-state index is 15.1. The third kappa shape index (κ3) is 5.08. The molecule has 0 radical (unpaired) electrons. The molecule has 10 heteroatoms.